The second-order valence-corrected chi connectivity index (χ2v) is 7.68. The van der Waals surface area contributed by atoms with Crippen LogP contribution in [-0.2, 0) is 13.0 Å². The summed E-state index contributed by atoms with van der Waals surface area (Å²) in [7, 11) is 1.68. The molecule has 9 heteroatoms. The number of carbonyl (C=O) groups is 2. The summed E-state index contributed by atoms with van der Waals surface area (Å²) >= 11 is 5.85. The average molecular weight is 442 g/mol. The van der Waals surface area contributed by atoms with Crippen molar-refractivity contribution < 1.29 is 14.1 Å². The molecule has 1 aromatic heterocycles. The third kappa shape index (κ3) is 6.29. The summed E-state index contributed by atoms with van der Waals surface area (Å²) in [5.74, 6) is -0.233. The van der Waals surface area contributed by atoms with Gasteiger partial charge in [0.2, 0.25) is 0 Å². The third-order valence-corrected chi connectivity index (χ3v) is 4.92. The Hall–Kier alpha value is -3.39. The van der Waals surface area contributed by atoms with Crippen molar-refractivity contribution in [1.82, 2.24) is 20.4 Å². The van der Waals surface area contributed by atoms with Gasteiger partial charge in [0.05, 0.1) is 0 Å². The SMILES string of the molecule is Cc1ccc(NC(=O)N(C)CCc2noc(C(=O)NCc3ccc(Cl)cc3)n2)c(C)c1. The van der Waals surface area contributed by atoms with Gasteiger partial charge in [-0.1, -0.05) is 46.6 Å². The summed E-state index contributed by atoms with van der Waals surface area (Å²) in [5.41, 5.74) is 3.79. The lowest BCUT2D eigenvalue weighted by molar-refractivity contribution is 0.0907. The minimum atomic E-state index is -0.463. The number of nitrogens with zero attached hydrogens (tertiary/aromatic N) is 3. The molecule has 31 heavy (non-hydrogen) atoms. The number of nitrogens with one attached hydrogen (secondary N) is 2. The molecule has 0 spiro atoms. The van der Waals surface area contributed by atoms with Gasteiger partial charge in [-0.2, -0.15) is 4.98 Å². The highest BCUT2D eigenvalue weighted by molar-refractivity contribution is 6.30. The van der Waals surface area contributed by atoms with Gasteiger partial charge in [0.25, 0.3) is 0 Å². The predicted octanol–water partition coefficient (Wildman–Crippen LogP) is 3.98. The molecule has 3 amide bonds. The van der Waals surface area contributed by atoms with Crippen molar-refractivity contribution in [3.8, 4) is 0 Å². The molecule has 0 atom stereocenters. The van der Waals surface area contributed by atoms with E-state index in [1.165, 1.54) is 4.90 Å². The minimum Gasteiger partial charge on any atom is -0.344 e. The Morgan fingerprint density at radius 3 is 2.58 bits per heavy atom. The van der Waals surface area contributed by atoms with E-state index >= 15 is 0 Å². The zero-order valence-electron chi connectivity index (χ0n) is 17.6. The summed E-state index contributed by atoms with van der Waals surface area (Å²) in [6.45, 7) is 4.63. The van der Waals surface area contributed by atoms with Crippen LogP contribution in [0.2, 0.25) is 5.02 Å². The normalized spacial score (nSPS) is 10.6. The highest BCUT2D eigenvalue weighted by atomic mass is 35.5. The Bertz CT molecular complexity index is 1070. The maximum atomic E-state index is 12.4. The molecular formula is C22H24ClN5O3. The number of rotatable bonds is 7. The van der Waals surface area contributed by atoms with Gasteiger partial charge in [-0.15, -0.1) is 0 Å². The molecule has 8 nitrogen and oxygen atoms in total. The maximum Gasteiger partial charge on any atom is 0.321 e. The van der Waals surface area contributed by atoms with Crippen molar-refractivity contribution in [3.05, 3.63) is 75.9 Å². The topological polar surface area (TPSA) is 100 Å². The molecule has 0 unspecified atom stereocenters. The van der Waals surface area contributed by atoms with Crippen LogP contribution in [0.25, 0.3) is 0 Å². The van der Waals surface area contributed by atoms with Crippen LogP contribution in [0.4, 0.5) is 10.5 Å². The summed E-state index contributed by atoms with van der Waals surface area (Å²) in [4.78, 5) is 30.2. The Labute approximate surface area is 185 Å². The molecule has 3 aromatic rings. The minimum absolute atomic E-state index is 0.119. The Kier molecular flexibility index (Phi) is 7.25. The number of likely N-dealkylation sites (N-methyl/N-ethyl adjacent to an activating group) is 1. The van der Waals surface area contributed by atoms with Crippen LogP contribution in [-0.4, -0.2) is 40.6 Å². The number of amides is 3. The zero-order chi connectivity index (χ0) is 22.4. The van der Waals surface area contributed by atoms with Crippen LogP contribution in [0, 0.1) is 13.8 Å². The largest absolute Gasteiger partial charge is 0.344 e. The molecule has 2 aromatic carbocycles. The Morgan fingerprint density at radius 1 is 1.13 bits per heavy atom. The number of halogens is 1. The maximum absolute atomic E-state index is 12.4. The summed E-state index contributed by atoms with van der Waals surface area (Å²) in [5, 5.41) is 10.0. The summed E-state index contributed by atoms with van der Waals surface area (Å²) in [6.07, 6.45) is 0.352. The highest BCUT2D eigenvalue weighted by Gasteiger charge is 2.16. The van der Waals surface area contributed by atoms with Crippen molar-refractivity contribution in [2.45, 2.75) is 26.8 Å². The second kappa shape index (κ2) is 10.1. The predicted molar refractivity (Wildman–Crippen MR) is 118 cm³/mol. The fraction of sp³-hybridized carbons (Fsp3) is 0.273. The van der Waals surface area contributed by atoms with Crippen molar-refractivity contribution in [1.29, 1.82) is 0 Å². The monoisotopic (exact) mass is 441 g/mol. The highest BCUT2D eigenvalue weighted by Crippen LogP contribution is 2.16. The van der Waals surface area contributed by atoms with E-state index in [0.29, 0.717) is 30.4 Å². The fourth-order valence-electron chi connectivity index (χ4n) is 2.84. The van der Waals surface area contributed by atoms with Gasteiger partial charge < -0.3 is 20.1 Å². The van der Waals surface area contributed by atoms with Gasteiger partial charge in [0.1, 0.15) is 0 Å². The number of hydrogen-bond donors (Lipinski definition) is 2. The Morgan fingerprint density at radius 2 is 1.87 bits per heavy atom. The van der Waals surface area contributed by atoms with E-state index in [9.17, 15) is 9.59 Å². The number of aromatic nitrogens is 2. The first-order chi connectivity index (χ1) is 14.8. The molecule has 162 valence electrons. The first-order valence-corrected chi connectivity index (χ1v) is 10.1. The number of anilines is 1. The van der Waals surface area contributed by atoms with E-state index in [0.717, 1.165) is 22.4 Å². The van der Waals surface area contributed by atoms with E-state index in [2.05, 4.69) is 20.8 Å². The second-order valence-electron chi connectivity index (χ2n) is 7.24. The van der Waals surface area contributed by atoms with Crippen LogP contribution in [0.3, 0.4) is 0 Å². The van der Waals surface area contributed by atoms with Crippen molar-refractivity contribution in [2.75, 3.05) is 18.9 Å². The van der Waals surface area contributed by atoms with Crippen molar-refractivity contribution in [3.63, 3.8) is 0 Å². The van der Waals surface area contributed by atoms with E-state index in [1.54, 1.807) is 19.2 Å². The molecule has 0 saturated carbocycles. The van der Waals surface area contributed by atoms with Gasteiger partial charge in [-0.3, -0.25) is 4.79 Å². The number of benzene rings is 2. The summed E-state index contributed by atoms with van der Waals surface area (Å²) in [6, 6.07) is 12.7. The smallest absolute Gasteiger partial charge is 0.321 e. The molecule has 0 radical (unpaired) electrons. The van der Waals surface area contributed by atoms with Crippen LogP contribution >= 0.6 is 11.6 Å². The lowest BCUT2D eigenvalue weighted by atomic mass is 10.1. The van der Waals surface area contributed by atoms with E-state index in [4.69, 9.17) is 16.1 Å². The average Bonchev–Trinajstić information content (AvgIpc) is 3.22. The van der Waals surface area contributed by atoms with E-state index < -0.39 is 5.91 Å². The quantitative estimate of drug-likeness (QED) is 0.577. The van der Waals surface area contributed by atoms with Gasteiger partial charge >= 0.3 is 17.8 Å². The molecule has 0 aliphatic carbocycles. The van der Waals surface area contributed by atoms with Crippen LogP contribution in [0.1, 0.15) is 33.2 Å². The zero-order valence-corrected chi connectivity index (χ0v) is 18.4. The number of urea groups is 1. The number of aryl methyl sites for hydroxylation is 2. The molecule has 1 heterocycles. The fourth-order valence-corrected chi connectivity index (χ4v) is 2.97. The first kappa shape index (κ1) is 22.3. The van der Waals surface area contributed by atoms with Crippen LogP contribution < -0.4 is 10.6 Å². The molecule has 2 N–H and O–H groups in total. The third-order valence-electron chi connectivity index (χ3n) is 4.67. The lowest BCUT2D eigenvalue weighted by Crippen LogP contribution is -2.33. The molecule has 3 rings (SSSR count). The molecule has 0 fully saturated rings. The van der Waals surface area contributed by atoms with E-state index in [1.807, 2.05) is 44.2 Å². The molecule has 0 aliphatic heterocycles. The van der Waals surface area contributed by atoms with Gasteiger partial charge in [-0.05, 0) is 43.2 Å². The molecule has 0 aliphatic rings. The van der Waals surface area contributed by atoms with Crippen LogP contribution in [0.15, 0.2) is 47.0 Å². The van der Waals surface area contributed by atoms with Gasteiger partial charge in [-0.25, -0.2) is 4.79 Å². The molecule has 0 saturated heterocycles. The van der Waals surface area contributed by atoms with Crippen molar-refractivity contribution >= 4 is 29.2 Å². The van der Waals surface area contributed by atoms with Crippen molar-refractivity contribution in [2.24, 2.45) is 0 Å². The summed E-state index contributed by atoms with van der Waals surface area (Å²) < 4.78 is 5.04. The Balaban J connectivity index is 1.48. The number of carbonyl (C=O) groups excluding carboxylic acids is 2. The van der Waals surface area contributed by atoms with Crippen LogP contribution in [0.5, 0.6) is 0 Å². The number of hydrogen-bond acceptors (Lipinski definition) is 5. The van der Waals surface area contributed by atoms with E-state index in [-0.39, 0.29) is 11.9 Å². The lowest BCUT2D eigenvalue weighted by Gasteiger charge is -2.18. The van der Waals surface area contributed by atoms with Gasteiger partial charge in [0, 0.05) is 37.3 Å². The molecular weight excluding hydrogens is 418 g/mol. The molecule has 0 bridgehead atoms. The van der Waals surface area contributed by atoms with Gasteiger partial charge in [0.15, 0.2) is 5.82 Å². The standard InChI is InChI=1S/C22H24ClN5O3/c1-14-4-9-18(15(2)12-14)25-22(30)28(3)11-10-19-26-21(31-27-19)20(29)24-13-16-5-7-17(23)8-6-16/h4-9,12H,10-11,13H2,1-3H3,(H,24,29)(H,25,30). The first-order valence-electron chi connectivity index (χ1n) is 9.76.